The first-order valence-electron chi connectivity index (χ1n) is 8.15. The molecule has 0 spiro atoms. The third-order valence-electron chi connectivity index (χ3n) is 6.13. The Morgan fingerprint density at radius 3 is 2.24 bits per heavy atom. The van der Waals surface area contributed by atoms with Crippen LogP contribution in [0.5, 0.6) is 0 Å². The molecule has 4 fully saturated rings. The van der Waals surface area contributed by atoms with Crippen molar-refractivity contribution in [3.8, 4) is 6.07 Å². The molecular weight excluding hydrogens is 260 g/mol. The van der Waals surface area contributed by atoms with E-state index in [1.165, 1.54) is 38.5 Å². The molecule has 1 aromatic heterocycles. The Kier molecular flexibility index (Phi) is 2.92. The zero-order valence-electron chi connectivity index (χ0n) is 12.5. The lowest BCUT2D eigenvalue weighted by molar-refractivity contribution is -0.0603. The molecule has 0 radical (unpaired) electrons. The Morgan fingerprint density at radius 2 is 1.76 bits per heavy atom. The molecule has 4 bridgehead atoms. The SMILES string of the molecule is CC(Nc1cnc(C#N)cn1)C12CC3CC(CC(C3)C1)C2. The normalized spacial score (nSPS) is 38.0. The highest BCUT2D eigenvalue weighted by Gasteiger charge is 2.53. The van der Waals surface area contributed by atoms with Gasteiger partial charge >= 0.3 is 0 Å². The van der Waals surface area contributed by atoms with Gasteiger partial charge in [-0.25, -0.2) is 9.97 Å². The predicted molar refractivity (Wildman–Crippen MR) is 80.4 cm³/mol. The number of anilines is 1. The van der Waals surface area contributed by atoms with Crippen molar-refractivity contribution in [2.24, 2.45) is 23.2 Å². The minimum absolute atomic E-state index is 0.378. The lowest BCUT2D eigenvalue weighted by Gasteiger charge is -2.59. The van der Waals surface area contributed by atoms with Crippen molar-refractivity contribution in [2.45, 2.75) is 51.5 Å². The Morgan fingerprint density at radius 1 is 1.14 bits per heavy atom. The van der Waals surface area contributed by atoms with E-state index >= 15 is 0 Å². The molecule has 4 aliphatic carbocycles. The number of hydrogen-bond acceptors (Lipinski definition) is 4. The summed E-state index contributed by atoms with van der Waals surface area (Å²) < 4.78 is 0. The Hall–Kier alpha value is -1.63. The number of nitrogens with one attached hydrogen (secondary N) is 1. The predicted octanol–water partition coefficient (Wildman–Crippen LogP) is 3.37. The standard InChI is InChI=1S/C17H22N4/c1-11(21-16-10-19-15(8-18)9-20-16)17-5-12-2-13(6-17)4-14(3-12)7-17/h9-14H,2-7H2,1H3,(H,20,21). The van der Waals surface area contributed by atoms with Gasteiger partial charge in [-0.1, -0.05) is 0 Å². The van der Waals surface area contributed by atoms with Crippen LogP contribution in [0.4, 0.5) is 5.82 Å². The van der Waals surface area contributed by atoms with Gasteiger partial charge in [0.2, 0.25) is 0 Å². The van der Waals surface area contributed by atoms with Crippen molar-refractivity contribution >= 4 is 5.82 Å². The highest BCUT2D eigenvalue weighted by molar-refractivity contribution is 5.35. The van der Waals surface area contributed by atoms with Crippen LogP contribution in [0.3, 0.4) is 0 Å². The second-order valence-electron chi connectivity index (χ2n) is 7.54. The van der Waals surface area contributed by atoms with E-state index in [1.807, 2.05) is 6.07 Å². The average molecular weight is 282 g/mol. The van der Waals surface area contributed by atoms with E-state index in [-0.39, 0.29) is 0 Å². The highest BCUT2D eigenvalue weighted by atomic mass is 15.0. The molecule has 4 saturated carbocycles. The van der Waals surface area contributed by atoms with Gasteiger partial charge in [0.05, 0.1) is 12.4 Å². The molecule has 0 aromatic carbocycles. The molecule has 4 aliphatic rings. The highest BCUT2D eigenvalue weighted by Crippen LogP contribution is 2.61. The first-order valence-corrected chi connectivity index (χ1v) is 8.15. The quantitative estimate of drug-likeness (QED) is 0.923. The van der Waals surface area contributed by atoms with Gasteiger partial charge in [-0.05, 0) is 68.6 Å². The van der Waals surface area contributed by atoms with Gasteiger partial charge in [0.1, 0.15) is 11.9 Å². The number of aromatic nitrogens is 2. The van der Waals surface area contributed by atoms with Crippen molar-refractivity contribution < 1.29 is 0 Å². The van der Waals surface area contributed by atoms with E-state index in [9.17, 15) is 0 Å². The molecule has 21 heavy (non-hydrogen) atoms. The van der Waals surface area contributed by atoms with Crippen molar-refractivity contribution in [1.29, 1.82) is 5.26 Å². The minimum Gasteiger partial charge on any atom is -0.366 e. The summed E-state index contributed by atoms with van der Waals surface area (Å²) in [5.74, 6) is 3.70. The van der Waals surface area contributed by atoms with Crippen molar-refractivity contribution in [2.75, 3.05) is 5.32 Å². The van der Waals surface area contributed by atoms with Gasteiger partial charge in [0.15, 0.2) is 5.69 Å². The third-order valence-corrected chi connectivity index (χ3v) is 6.13. The van der Waals surface area contributed by atoms with Crippen LogP contribution in [0.1, 0.15) is 51.1 Å². The van der Waals surface area contributed by atoms with E-state index < -0.39 is 0 Å². The summed E-state index contributed by atoms with van der Waals surface area (Å²) in [6.45, 7) is 2.31. The summed E-state index contributed by atoms with van der Waals surface area (Å²) in [4.78, 5) is 8.43. The van der Waals surface area contributed by atoms with E-state index in [1.54, 1.807) is 12.4 Å². The van der Waals surface area contributed by atoms with Crippen molar-refractivity contribution in [1.82, 2.24) is 9.97 Å². The van der Waals surface area contributed by atoms with E-state index in [0.717, 1.165) is 23.6 Å². The lowest BCUT2D eigenvalue weighted by atomic mass is 9.48. The van der Waals surface area contributed by atoms with E-state index in [4.69, 9.17) is 5.26 Å². The van der Waals surface area contributed by atoms with E-state index in [0.29, 0.717) is 17.2 Å². The fourth-order valence-electron chi connectivity index (χ4n) is 5.54. The van der Waals surface area contributed by atoms with Crippen LogP contribution >= 0.6 is 0 Å². The van der Waals surface area contributed by atoms with Crippen LogP contribution in [-0.4, -0.2) is 16.0 Å². The molecule has 0 amide bonds. The summed E-state index contributed by atoms with van der Waals surface area (Å²) >= 11 is 0. The molecule has 110 valence electrons. The maximum atomic E-state index is 8.79. The fourth-order valence-corrected chi connectivity index (χ4v) is 5.54. The molecule has 1 unspecified atom stereocenters. The lowest BCUT2D eigenvalue weighted by Crippen LogP contribution is -2.53. The molecule has 1 heterocycles. The van der Waals surface area contributed by atoms with Crippen molar-refractivity contribution in [3.05, 3.63) is 18.1 Å². The van der Waals surface area contributed by atoms with Crippen LogP contribution in [0.25, 0.3) is 0 Å². The maximum absolute atomic E-state index is 8.79. The van der Waals surface area contributed by atoms with Gasteiger partial charge in [-0.3, -0.25) is 0 Å². The van der Waals surface area contributed by atoms with Crippen molar-refractivity contribution in [3.63, 3.8) is 0 Å². The molecule has 0 aliphatic heterocycles. The number of rotatable bonds is 3. The minimum atomic E-state index is 0.378. The molecule has 1 aromatic rings. The molecule has 4 heteroatoms. The van der Waals surface area contributed by atoms with Gasteiger partial charge < -0.3 is 5.32 Å². The first-order chi connectivity index (χ1) is 10.2. The van der Waals surface area contributed by atoms with Crippen LogP contribution in [0.15, 0.2) is 12.4 Å². The summed E-state index contributed by atoms with van der Waals surface area (Å²) in [5.41, 5.74) is 0.840. The number of nitriles is 1. The smallest absolute Gasteiger partial charge is 0.158 e. The molecular formula is C17H22N4. The Bertz CT molecular complexity index is 536. The summed E-state index contributed by atoms with van der Waals surface area (Å²) in [6.07, 6.45) is 11.8. The van der Waals surface area contributed by atoms with Gasteiger partial charge in [-0.15, -0.1) is 0 Å². The van der Waals surface area contributed by atoms with E-state index in [2.05, 4.69) is 22.2 Å². The zero-order chi connectivity index (χ0) is 14.4. The molecule has 4 nitrogen and oxygen atoms in total. The van der Waals surface area contributed by atoms with Crippen LogP contribution in [0, 0.1) is 34.5 Å². The van der Waals surface area contributed by atoms with Gasteiger partial charge in [0.25, 0.3) is 0 Å². The number of hydrogen-bond donors (Lipinski definition) is 1. The summed E-state index contributed by atoms with van der Waals surface area (Å²) in [7, 11) is 0. The third kappa shape index (κ3) is 2.19. The maximum Gasteiger partial charge on any atom is 0.158 e. The second kappa shape index (κ2) is 4.69. The fraction of sp³-hybridized carbons (Fsp3) is 0.706. The van der Waals surface area contributed by atoms with Gasteiger partial charge in [-0.2, -0.15) is 5.26 Å². The summed E-state index contributed by atoms with van der Waals surface area (Å²) in [5, 5.41) is 12.4. The summed E-state index contributed by atoms with van der Waals surface area (Å²) in [6, 6.07) is 2.45. The largest absolute Gasteiger partial charge is 0.366 e. The Balaban J connectivity index is 1.51. The number of nitrogens with zero attached hydrogens (tertiary/aromatic N) is 3. The monoisotopic (exact) mass is 282 g/mol. The molecule has 1 atom stereocenters. The Labute approximate surface area is 126 Å². The van der Waals surface area contributed by atoms with Crippen LogP contribution in [-0.2, 0) is 0 Å². The van der Waals surface area contributed by atoms with Crippen LogP contribution < -0.4 is 5.32 Å². The first kappa shape index (κ1) is 13.1. The molecule has 1 N–H and O–H groups in total. The average Bonchev–Trinajstić information content (AvgIpc) is 2.46. The molecule has 0 saturated heterocycles. The molecule has 5 rings (SSSR count). The van der Waals surface area contributed by atoms with Gasteiger partial charge in [0, 0.05) is 6.04 Å². The topological polar surface area (TPSA) is 61.6 Å². The second-order valence-corrected chi connectivity index (χ2v) is 7.54. The van der Waals surface area contributed by atoms with Crippen LogP contribution in [0.2, 0.25) is 0 Å². The zero-order valence-corrected chi connectivity index (χ0v) is 12.5.